The Morgan fingerprint density at radius 3 is 1.12 bits per heavy atom. The summed E-state index contributed by atoms with van der Waals surface area (Å²) in [5.74, 6) is 1.68. The Bertz CT molecular complexity index is 3640. The van der Waals surface area contributed by atoms with Gasteiger partial charge in [-0.3, -0.25) is 4.79 Å². The van der Waals surface area contributed by atoms with Crippen LogP contribution in [-0.2, 0) is 30.2 Å². The summed E-state index contributed by atoms with van der Waals surface area (Å²) in [7, 11) is 0. The van der Waals surface area contributed by atoms with Crippen LogP contribution in [0.2, 0.25) is 0 Å². The second-order valence-corrected chi connectivity index (χ2v) is 38.0. The van der Waals surface area contributed by atoms with Gasteiger partial charge in [0.25, 0.3) is 0 Å². The van der Waals surface area contributed by atoms with Crippen LogP contribution in [0.5, 0.6) is 0 Å². The molecule has 2 fully saturated rings. The number of hydrogen-bond donors (Lipinski definition) is 12. The van der Waals surface area contributed by atoms with Gasteiger partial charge in [-0.2, -0.15) is 0 Å². The van der Waals surface area contributed by atoms with Gasteiger partial charge in [0, 0.05) is 87.6 Å². The molecule has 108 heavy (non-hydrogen) atoms. The number of aliphatic hydroxyl groups is 4. The lowest BCUT2D eigenvalue weighted by Crippen LogP contribution is -2.37. The lowest BCUT2D eigenvalue weighted by atomic mass is 9.83. The van der Waals surface area contributed by atoms with Crippen molar-refractivity contribution in [3.8, 4) is 0 Å². The number of benzene rings is 5. The molecule has 24 heteroatoms. The van der Waals surface area contributed by atoms with E-state index in [1.54, 1.807) is 70.6 Å². The van der Waals surface area contributed by atoms with Crippen LogP contribution in [0.3, 0.4) is 0 Å². The zero-order valence-corrected chi connectivity index (χ0v) is 72.9. The van der Waals surface area contributed by atoms with Gasteiger partial charge in [-0.05, 0) is 271 Å². The molecular formula is C84H130N8O10S6. The van der Waals surface area contributed by atoms with Crippen LogP contribution in [0.1, 0.15) is 161 Å². The van der Waals surface area contributed by atoms with Crippen LogP contribution in [0.15, 0.2) is 96.1 Å². The lowest BCUT2D eigenvalue weighted by Gasteiger charge is -2.33. The molecule has 4 atom stereocenters. The molecule has 4 unspecified atom stereocenters. The van der Waals surface area contributed by atoms with Crippen molar-refractivity contribution in [2.45, 2.75) is 231 Å². The quantitative estimate of drug-likeness (QED) is 0.0162. The third-order valence-corrected chi connectivity index (χ3v) is 24.6. The van der Waals surface area contributed by atoms with E-state index in [-0.39, 0.29) is 43.9 Å². The summed E-state index contributed by atoms with van der Waals surface area (Å²) in [6, 6.07) is 21.9. The predicted molar refractivity (Wildman–Crippen MR) is 464 cm³/mol. The van der Waals surface area contributed by atoms with Gasteiger partial charge in [0.05, 0.1) is 99.7 Å². The molecule has 12 N–H and O–H groups in total. The molecule has 18 nitrogen and oxygen atoms in total. The normalized spacial score (nSPS) is 17.7. The number of thioether (sulfide) groups is 6. The van der Waals surface area contributed by atoms with Crippen molar-refractivity contribution in [3.63, 3.8) is 0 Å². The Labute approximate surface area is 672 Å². The average Bonchev–Trinajstić information content (AvgIpc) is 0.804. The van der Waals surface area contributed by atoms with Crippen LogP contribution in [0.4, 0.5) is 50.3 Å². The van der Waals surface area contributed by atoms with E-state index in [2.05, 4.69) is 155 Å². The van der Waals surface area contributed by atoms with Crippen LogP contribution in [-0.4, -0.2) is 177 Å². The highest BCUT2D eigenvalue weighted by molar-refractivity contribution is 8.00. The lowest BCUT2D eigenvalue weighted by molar-refractivity contribution is -0.123. The number of hydrogen-bond acceptors (Lipinski definition) is 21. The number of aryl methyl sites for hydroxylation is 3. The van der Waals surface area contributed by atoms with Crippen molar-refractivity contribution in [3.05, 3.63) is 94.5 Å². The van der Waals surface area contributed by atoms with Crippen molar-refractivity contribution >= 4 is 128 Å². The molecule has 0 heterocycles. The summed E-state index contributed by atoms with van der Waals surface area (Å²) < 4.78 is 24.7. The molecule has 0 aromatic heterocycles. The van der Waals surface area contributed by atoms with E-state index in [1.807, 2.05) is 81.8 Å². The van der Waals surface area contributed by atoms with E-state index >= 15 is 0 Å². The maximum absolute atomic E-state index is 13.7. The Balaban J connectivity index is 0.767. The maximum Gasteiger partial charge on any atom is 0.323 e. The monoisotopic (exact) mass is 1600 g/mol. The number of carbonyl (C=O) groups is 2. The SMILES string of the molecule is CSc1cc(C)c(NC(C)(C)CC(O)COCC2CCC(COCC(O)CNc3c(C)cc(SC)c(NC(C)(C)C)c3SC)CC2)c(SC)c1NCC(O)COCC1CCC(COCC(O)CC(C)(C)Nc2c(C)cc(SC)c(NC(=O)Nc3ccc(Cc4ccc(NC(=O)C(C)(C)C)cc4)cc3)c2SC)CC1. The third kappa shape index (κ3) is 28.9. The van der Waals surface area contributed by atoms with Crippen LogP contribution < -0.4 is 42.5 Å². The number of rotatable bonds is 42. The molecule has 5 aromatic carbocycles. The molecule has 2 aliphatic rings. The zero-order chi connectivity index (χ0) is 79.1. The Kier molecular flexibility index (Phi) is 36.3. The van der Waals surface area contributed by atoms with Gasteiger partial charge in [-0.15, -0.1) is 70.6 Å². The molecule has 0 bridgehead atoms. The molecule has 0 radical (unpaired) electrons. The fourth-order valence-electron chi connectivity index (χ4n) is 14.2. The van der Waals surface area contributed by atoms with Crippen molar-refractivity contribution in [1.82, 2.24) is 0 Å². The maximum atomic E-state index is 13.7. The number of aliphatic hydroxyl groups excluding tert-OH is 4. The summed E-state index contributed by atoms with van der Waals surface area (Å²) in [4.78, 5) is 32.5. The molecular weight excluding hydrogens is 1470 g/mol. The molecule has 0 aliphatic heterocycles. The van der Waals surface area contributed by atoms with Crippen molar-refractivity contribution in [2.75, 3.05) is 146 Å². The van der Waals surface area contributed by atoms with Crippen LogP contribution >= 0.6 is 70.6 Å². The molecule has 0 spiro atoms. The zero-order valence-electron chi connectivity index (χ0n) is 68.0. The summed E-state index contributed by atoms with van der Waals surface area (Å²) in [6.45, 7) is 31.1. The van der Waals surface area contributed by atoms with E-state index in [1.165, 1.54) is 4.90 Å². The molecule has 5 aromatic rings. The van der Waals surface area contributed by atoms with Gasteiger partial charge in [0.1, 0.15) is 0 Å². The topological polar surface area (TPSA) is 248 Å². The van der Waals surface area contributed by atoms with Gasteiger partial charge in [-0.25, -0.2) is 4.79 Å². The van der Waals surface area contributed by atoms with E-state index in [4.69, 9.17) is 18.9 Å². The molecule has 3 amide bonds. The van der Waals surface area contributed by atoms with Crippen molar-refractivity contribution < 1.29 is 49.0 Å². The van der Waals surface area contributed by atoms with Gasteiger partial charge >= 0.3 is 6.03 Å². The summed E-state index contributed by atoms with van der Waals surface area (Å²) >= 11 is 9.93. The minimum Gasteiger partial charge on any atom is -0.391 e. The van der Waals surface area contributed by atoms with Gasteiger partial charge in [-0.1, -0.05) is 45.0 Å². The minimum atomic E-state index is -0.710. The largest absolute Gasteiger partial charge is 0.391 e. The molecule has 7 rings (SSSR count). The summed E-state index contributed by atoms with van der Waals surface area (Å²) in [6.07, 6.45) is 19.6. The number of carbonyl (C=O) groups excluding carboxylic acids is 2. The number of amides is 3. The molecule has 602 valence electrons. The van der Waals surface area contributed by atoms with E-state index in [0.717, 1.165) is 143 Å². The minimum absolute atomic E-state index is 0.0294. The highest BCUT2D eigenvalue weighted by atomic mass is 32.2. The summed E-state index contributed by atoms with van der Waals surface area (Å²) in [5, 5.41) is 72.5. The van der Waals surface area contributed by atoms with E-state index in [0.29, 0.717) is 88.1 Å². The Morgan fingerprint density at radius 1 is 0.417 bits per heavy atom. The number of anilines is 8. The second-order valence-electron chi connectivity index (χ2n) is 33.0. The van der Waals surface area contributed by atoms with Gasteiger partial charge in [0.15, 0.2) is 0 Å². The van der Waals surface area contributed by atoms with Crippen molar-refractivity contribution in [1.29, 1.82) is 0 Å². The third-order valence-electron chi connectivity index (χ3n) is 19.9. The van der Waals surface area contributed by atoms with Crippen molar-refractivity contribution in [2.24, 2.45) is 29.1 Å². The fraction of sp³-hybridized carbons (Fsp3) is 0.619. The highest BCUT2D eigenvalue weighted by Crippen LogP contribution is 2.47. The van der Waals surface area contributed by atoms with Gasteiger partial charge < -0.3 is 81.9 Å². The Morgan fingerprint density at radius 2 is 0.750 bits per heavy atom. The first kappa shape index (κ1) is 90.8. The fourth-order valence-corrected chi connectivity index (χ4v) is 18.7. The number of urea groups is 1. The molecule has 0 saturated heterocycles. The highest BCUT2D eigenvalue weighted by Gasteiger charge is 2.32. The van der Waals surface area contributed by atoms with Crippen LogP contribution in [0, 0.1) is 49.9 Å². The Hall–Kier alpha value is -4.38. The molecule has 2 aliphatic carbocycles. The smallest absolute Gasteiger partial charge is 0.323 e. The second kappa shape index (κ2) is 43.2. The average molecular weight is 1600 g/mol. The molecule has 2 saturated carbocycles. The van der Waals surface area contributed by atoms with E-state index < -0.39 is 40.9 Å². The first-order valence-electron chi connectivity index (χ1n) is 38.3. The first-order chi connectivity index (χ1) is 51.1. The van der Waals surface area contributed by atoms with E-state index in [9.17, 15) is 30.0 Å². The summed E-state index contributed by atoms with van der Waals surface area (Å²) in [5.41, 5.74) is 11.2. The number of nitrogens with one attached hydrogen (secondary N) is 8. The number of ether oxygens (including phenoxy) is 4. The van der Waals surface area contributed by atoms with Gasteiger partial charge in [0.2, 0.25) is 5.91 Å². The standard InChI is InChI=1S/C84H130N8O10S6/c1-52-36-69(105-16)75(90-82(7,8)9)76(106-17)70(52)85-42-65(95)50-101-46-59-24-20-57(21-25-59)44-99-48-63(93)40-83(10,11)91-71-53(2)37-67(103-14)73(77(71)107-18)86-43-66(96)51-102-47-60-26-22-58(23-27-60)45-100-49-64(94)41-84(12,13)92-72-54(3)38-68(104-15)74(78(72)108-19)89-80(98)88-62-34-30-56(31-35-62)39-55-28-32-61(33-29-55)87-79(97)81(4,5)6/h28-38,57-60,63-66,85-86,90-96H,20-27,39-51H2,1-19H3,(H,87,97)(H2,88,89,98). The first-order valence-corrected chi connectivity index (χ1v) is 45.7. The predicted octanol–water partition coefficient (Wildman–Crippen LogP) is 18.9. The van der Waals surface area contributed by atoms with Crippen LogP contribution in [0.25, 0.3) is 0 Å².